The Morgan fingerprint density at radius 2 is 0.711 bits per heavy atom. The average Bonchev–Trinajstić information content (AvgIpc) is 1.35. The number of hydrogen-bond acceptors (Lipinski definition) is 17. The second-order valence-electron chi connectivity index (χ2n) is 45.0. The van der Waals surface area contributed by atoms with E-state index in [4.69, 9.17) is 24.7 Å². The van der Waals surface area contributed by atoms with Crippen LogP contribution in [-0.2, 0) is 73.1 Å². The summed E-state index contributed by atoms with van der Waals surface area (Å²) in [5.41, 5.74) is 21.1. The van der Waals surface area contributed by atoms with Gasteiger partial charge in [0.1, 0.15) is 28.3 Å². The summed E-state index contributed by atoms with van der Waals surface area (Å²) < 4.78 is 13.6. The third-order valence-electron chi connectivity index (χ3n) is 35.8. The Balaban J connectivity index is 0.000000130. The number of nitrogens with zero attached hydrogens (tertiary/aromatic N) is 16. The third-order valence-corrected chi connectivity index (χ3v) is 35.8. The Morgan fingerprint density at radius 1 is 0.383 bits per heavy atom. The van der Waals surface area contributed by atoms with Gasteiger partial charge in [-0.1, -0.05) is 96.2 Å². The number of ketones is 4. The summed E-state index contributed by atoms with van der Waals surface area (Å²) >= 11 is 0. The SMILES string of the molecule is COc1cc(C#N)cc(C(=O)Cc2cnc3c(c(C4CCN(C(=O)C5CCCC5)CC4)cn3C)c2C)c1.Cc1c(CC(=O)c2cccc(C#N)c2)cnc2c1c(C1CCN(C(=O)[C@@H]3CCC[C@H]3C(C)C)CC1)cn2C.Cc1c(CC(=O)c2cccc(C#N)c2)cnc2c1c(C1CCN(C(=O)[C@H](C)C34CC(C3)C4)CC1)cn2C.Cc1c(CC(=O)c2cccc(C#N)c2)cnc2c1c(C1CCN(C(=O)[C@H](C)C3CCCC3)CC1)cn2C. The standard InChI is InChI=1S/C32H38N4O2.C31H34N4O2.C31H36N4O2.C30H34N4O3/c1-20(2)26-9-6-10-27(26)32(38)36-13-11-23(12-14-36)28-19-35(4)31-30(28)21(3)25(18-34-31)16-29(37)24-8-5-7-22(15-24)17-33;1-19-25(12-27(36)24-6-4-5-21(11-24)16-32)17-33-29-28(19)26(18-34(29)3)23-7-9-35(10-8-23)30(37)20(2)31-13-22(14-31)15-31;1-20-26(16-28(36)25-10-6-7-22(15-25)17-32)18-33-30-29(20)27(19-34(30)3)24-11-13-35(14-12-24)31(37)21(2)23-8-4-5-9-23;1-19-24(15-27(35)23-12-20(16-31)13-25(14-23)37-3)17-32-29-28(19)26(18-33(29)2)21-8-10-34(11-9-21)30(36)22-6-4-5-7-22/h5,7-8,15,18-20,23,26-27H,6,9-14,16H2,1-4H3;4-6,11,17-18,20,22-23H,7-10,12-15H2,1-3H3;6-7,10,15,18-19,21,23-24H,4-5,8-9,11-14,16H2,1-3H3;12-14,17-18,21-22H,4-11,15H2,1-3H3/t26-,27+;20-,22?,31?;21-;/m001./s1. The number of carbonyl (C=O) groups is 8. The third kappa shape index (κ3) is 21.8. The van der Waals surface area contributed by atoms with Crippen LogP contribution in [0, 0.1) is 126 Å². The molecule has 4 aliphatic heterocycles. The fourth-order valence-electron chi connectivity index (χ4n) is 26.5. The quantitative estimate of drug-likeness (QED) is 0.0507. The van der Waals surface area contributed by atoms with Crippen molar-refractivity contribution in [2.75, 3.05) is 59.5 Å². The maximum Gasteiger partial charge on any atom is 0.225 e. The second kappa shape index (κ2) is 45.2. The number of rotatable bonds is 24. The molecule has 4 saturated heterocycles. The summed E-state index contributed by atoms with van der Waals surface area (Å²) in [5, 5.41) is 41.4. The van der Waals surface area contributed by atoms with Crippen LogP contribution in [0.25, 0.3) is 44.1 Å². The number of aromatic nitrogens is 8. The molecule has 8 aromatic heterocycles. The van der Waals surface area contributed by atoms with Crippen molar-refractivity contribution >= 4 is 90.9 Å². The van der Waals surface area contributed by atoms with E-state index < -0.39 is 0 Å². The Hall–Kier alpha value is -14.0. The highest BCUT2D eigenvalue weighted by atomic mass is 16.5. The number of hydrogen-bond donors (Lipinski definition) is 0. The van der Waals surface area contributed by atoms with E-state index in [-0.39, 0.29) is 72.5 Å². The monoisotopic (exact) mass is 2000 g/mol. The lowest BCUT2D eigenvalue weighted by molar-refractivity contribution is -0.173. The van der Waals surface area contributed by atoms with Gasteiger partial charge in [-0.25, -0.2) is 19.9 Å². The van der Waals surface area contributed by atoms with Crippen molar-refractivity contribution in [3.63, 3.8) is 0 Å². The molecule has 12 aromatic rings. The minimum Gasteiger partial charge on any atom is -0.497 e. The molecule has 149 heavy (non-hydrogen) atoms. The smallest absolute Gasteiger partial charge is 0.225 e. The van der Waals surface area contributed by atoms with Gasteiger partial charge in [0.25, 0.3) is 0 Å². The molecule has 4 aromatic carbocycles. The summed E-state index contributed by atoms with van der Waals surface area (Å²) in [5.74, 6) is 6.53. The van der Waals surface area contributed by atoms with Crippen LogP contribution in [0.3, 0.4) is 0 Å². The predicted molar refractivity (Wildman–Crippen MR) is 577 cm³/mol. The summed E-state index contributed by atoms with van der Waals surface area (Å²) in [6.07, 6.45) is 41.1. The molecule has 4 amide bonds. The van der Waals surface area contributed by atoms with Crippen LogP contribution in [0.15, 0.2) is 141 Å². The first-order chi connectivity index (χ1) is 71.8. The minimum atomic E-state index is -0.0733. The van der Waals surface area contributed by atoms with Crippen molar-refractivity contribution in [2.45, 2.75) is 246 Å². The number of aryl methyl sites for hydroxylation is 8. The lowest BCUT2D eigenvalue weighted by Gasteiger charge is -2.64. The molecule has 2 bridgehead atoms. The van der Waals surface area contributed by atoms with Crippen molar-refractivity contribution in [3.8, 4) is 30.0 Å². The van der Waals surface area contributed by atoms with E-state index in [1.807, 2.05) is 46.8 Å². The number of amides is 4. The molecular formula is C124H142N16O9. The molecule has 10 aliphatic rings. The van der Waals surface area contributed by atoms with Crippen LogP contribution < -0.4 is 4.74 Å². The van der Waals surface area contributed by atoms with E-state index >= 15 is 0 Å². The van der Waals surface area contributed by atoms with Gasteiger partial charge in [0.15, 0.2) is 23.1 Å². The molecule has 772 valence electrons. The molecule has 22 rings (SSSR count). The van der Waals surface area contributed by atoms with Gasteiger partial charge in [0.05, 0.1) is 53.6 Å². The van der Waals surface area contributed by atoms with E-state index in [1.54, 1.807) is 97.2 Å². The molecule has 0 spiro atoms. The lowest BCUT2D eigenvalue weighted by Crippen LogP contribution is -2.59. The second-order valence-corrected chi connectivity index (χ2v) is 45.0. The van der Waals surface area contributed by atoms with Crippen molar-refractivity contribution in [3.05, 3.63) is 252 Å². The van der Waals surface area contributed by atoms with E-state index in [2.05, 4.69) is 142 Å². The molecule has 12 heterocycles. The van der Waals surface area contributed by atoms with Crippen LogP contribution in [-0.4, -0.2) is 164 Å². The van der Waals surface area contributed by atoms with Gasteiger partial charge >= 0.3 is 0 Å². The minimum absolute atomic E-state index is 0.0107. The zero-order valence-corrected chi connectivity index (χ0v) is 89.1. The molecular weight excluding hydrogens is 1860 g/mol. The lowest BCUT2D eigenvalue weighted by atomic mass is 9.40. The summed E-state index contributed by atoms with van der Waals surface area (Å²) in [7, 11) is 9.63. The summed E-state index contributed by atoms with van der Waals surface area (Å²) in [6, 6.07) is 34.0. The molecule has 0 N–H and O–H groups in total. The summed E-state index contributed by atoms with van der Waals surface area (Å²) in [6.45, 7) is 23.6. The number of pyridine rings is 4. The molecule has 6 aliphatic carbocycles. The maximum absolute atomic E-state index is 13.4. The van der Waals surface area contributed by atoms with E-state index in [1.165, 1.54) is 100.0 Å². The molecule has 0 radical (unpaired) electrons. The van der Waals surface area contributed by atoms with Crippen molar-refractivity contribution in [1.82, 2.24) is 57.8 Å². The van der Waals surface area contributed by atoms with Gasteiger partial charge in [-0.2, -0.15) is 21.0 Å². The normalized spacial score (nSPS) is 19.6. The Labute approximate surface area is 875 Å². The van der Waals surface area contributed by atoms with Crippen molar-refractivity contribution in [1.29, 1.82) is 21.0 Å². The first-order valence-electron chi connectivity index (χ1n) is 54.4. The number of nitriles is 4. The first-order valence-corrected chi connectivity index (χ1v) is 54.4. The topological polar surface area (TPSA) is 325 Å². The zero-order chi connectivity index (χ0) is 105. The number of carbonyl (C=O) groups excluding carboxylic acids is 8. The summed E-state index contributed by atoms with van der Waals surface area (Å²) in [4.78, 5) is 132. The van der Waals surface area contributed by atoms with Crippen LogP contribution >= 0.6 is 0 Å². The number of Topliss-reactive ketones (excluding diaryl/α,β-unsaturated/α-hetero) is 4. The van der Waals surface area contributed by atoms with E-state index in [0.29, 0.717) is 121 Å². The van der Waals surface area contributed by atoms with Crippen LogP contribution in [0.4, 0.5) is 0 Å². The van der Waals surface area contributed by atoms with Gasteiger partial charge in [-0.15, -0.1) is 0 Å². The highest BCUT2D eigenvalue weighted by molar-refractivity contribution is 6.02. The van der Waals surface area contributed by atoms with Crippen LogP contribution in [0.2, 0.25) is 0 Å². The molecule has 0 unspecified atom stereocenters. The number of methoxy groups -OCH3 is 1. The maximum atomic E-state index is 13.4. The number of fused-ring (bicyclic) bond motifs is 4. The number of ether oxygens (including phenoxy) is 1. The van der Waals surface area contributed by atoms with Gasteiger partial charge < -0.3 is 42.6 Å². The Bertz CT molecular complexity index is 7320. The number of likely N-dealkylation sites (tertiary alicyclic amines) is 4. The largest absolute Gasteiger partial charge is 0.497 e. The van der Waals surface area contributed by atoms with Crippen LogP contribution in [0.5, 0.6) is 5.75 Å². The highest BCUT2D eigenvalue weighted by Crippen LogP contribution is 2.68. The average molecular weight is 2000 g/mol. The zero-order valence-electron chi connectivity index (χ0n) is 89.1. The molecule has 6 saturated carbocycles. The number of piperidine rings is 4. The van der Waals surface area contributed by atoms with E-state index in [0.717, 1.165) is 218 Å². The molecule has 10 fully saturated rings. The number of benzene rings is 4. The Kier molecular flexibility index (Phi) is 31.8. The van der Waals surface area contributed by atoms with Crippen molar-refractivity contribution in [2.24, 2.45) is 80.9 Å². The van der Waals surface area contributed by atoms with E-state index in [9.17, 15) is 59.4 Å². The molecule has 4 atom stereocenters. The fraction of sp³-hybridized carbons (Fsp3) is 0.484. The van der Waals surface area contributed by atoms with Gasteiger partial charge in [0.2, 0.25) is 23.6 Å². The fourth-order valence-corrected chi connectivity index (χ4v) is 26.5. The molecule has 25 heteroatoms. The first kappa shape index (κ1) is 105. The molecule has 25 nitrogen and oxygen atoms in total. The highest BCUT2D eigenvalue weighted by Gasteiger charge is 2.61. The van der Waals surface area contributed by atoms with Gasteiger partial charge in [-0.05, 0) is 311 Å². The van der Waals surface area contributed by atoms with Gasteiger partial charge in [-0.3, -0.25) is 38.4 Å². The Morgan fingerprint density at radius 3 is 1.05 bits per heavy atom. The predicted octanol–water partition coefficient (Wildman–Crippen LogP) is 22.1. The van der Waals surface area contributed by atoms with Crippen molar-refractivity contribution < 1.29 is 43.1 Å². The van der Waals surface area contributed by atoms with Crippen LogP contribution in [0.1, 0.15) is 323 Å². The van der Waals surface area contributed by atoms with Gasteiger partial charge in [0, 0.05) is 223 Å².